The number of ether oxygens (including phenoxy) is 1. The van der Waals surface area contributed by atoms with Crippen molar-refractivity contribution in [3.05, 3.63) is 29.8 Å². The van der Waals surface area contributed by atoms with Crippen LogP contribution in [0.2, 0.25) is 0 Å². The Kier molecular flexibility index (Phi) is 4.24. The number of rotatable bonds is 5. The SMILES string of the molecule is C#CCCCOc1cccc(C(N)=O)c1. The van der Waals surface area contributed by atoms with Gasteiger partial charge in [0.2, 0.25) is 5.91 Å². The highest BCUT2D eigenvalue weighted by atomic mass is 16.5. The number of nitrogens with two attached hydrogens (primary N) is 1. The van der Waals surface area contributed by atoms with Crippen LogP contribution in [0.5, 0.6) is 5.75 Å². The predicted octanol–water partition coefficient (Wildman–Crippen LogP) is 1.58. The van der Waals surface area contributed by atoms with Gasteiger partial charge in [0, 0.05) is 12.0 Å². The molecule has 2 N–H and O–H groups in total. The van der Waals surface area contributed by atoms with Crippen molar-refractivity contribution in [1.82, 2.24) is 0 Å². The number of carbonyl (C=O) groups excluding carboxylic acids is 1. The van der Waals surface area contributed by atoms with Crippen molar-refractivity contribution in [2.24, 2.45) is 5.73 Å². The van der Waals surface area contributed by atoms with Crippen LogP contribution in [0.25, 0.3) is 0 Å². The second-order valence-electron chi connectivity index (χ2n) is 3.05. The maximum Gasteiger partial charge on any atom is 0.248 e. The molecular formula is C12H13NO2. The van der Waals surface area contributed by atoms with E-state index in [0.717, 1.165) is 6.42 Å². The van der Waals surface area contributed by atoms with Gasteiger partial charge in [-0.15, -0.1) is 12.3 Å². The van der Waals surface area contributed by atoms with E-state index in [0.29, 0.717) is 24.3 Å². The molecule has 1 aromatic carbocycles. The van der Waals surface area contributed by atoms with Gasteiger partial charge in [0.25, 0.3) is 0 Å². The van der Waals surface area contributed by atoms with E-state index in [-0.39, 0.29) is 0 Å². The van der Waals surface area contributed by atoms with E-state index in [9.17, 15) is 4.79 Å². The highest BCUT2D eigenvalue weighted by molar-refractivity contribution is 5.93. The normalized spacial score (nSPS) is 9.27. The van der Waals surface area contributed by atoms with E-state index in [2.05, 4.69) is 5.92 Å². The molecule has 0 spiro atoms. The van der Waals surface area contributed by atoms with Gasteiger partial charge in [0.05, 0.1) is 6.61 Å². The van der Waals surface area contributed by atoms with Crippen LogP contribution in [-0.4, -0.2) is 12.5 Å². The highest BCUT2D eigenvalue weighted by Gasteiger charge is 2.01. The summed E-state index contributed by atoms with van der Waals surface area (Å²) in [6.07, 6.45) is 6.60. The van der Waals surface area contributed by atoms with Crippen molar-refractivity contribution in [2.45, 2.75) is 12.8 Å². The van der Waals surface area contributed by atoms with E-state index >= 15 is 0 Å². The number of benzene rings is 1. The summed E-state index contributed by atoms with van der Waals surface area (Å²) in [6.45, 7) is 0.548. The maximum atomic E-state index is 10.9. The quantitative estimate of drug-likeness (QED) is 0.583. The second-order valence-corrected chi connectivity index (χ2v) is 3.05. The van der Waals surface area contributed by atoms with E-state index in [1.165, 1.54) is 0 Å². The molecule has 15 heavy (non-hydrogen) atoms. The molecule has 1 amide bonds. The summed E-state index contributed by atoms with van der Waals surface area (Å²) in [4.78, 5) is 10.9. The Labute approximate surface area is 89.2 Å². The average molecular weight is 203 g/mol. The van der Waals surface area contributed by atoms with Crippen molar-refractivity contribution in [3.63, 3.8) is 0 Å². The van der Waals surface area contributed by atoms with Gasteiger partial charge in [-0.2, -0.15) is 0 Å². The topological polar surface area (TPSA) is 52.3 Å². The molecular weight excluding hydrogens is 190 g/mol. The number of hydrogen-bond donors (Lipinski definition) is 1. The zero-order valence-corrected chi connectivity index (χ0v) is 8.40. The molecule has 0 aliphatic heterocycles. The molecule has 0 unspecified atom stereocenters. The summed E-state index contributed by atoms with van der Waals surface area (Å²) < 4.78 is 5.40. The zero-order chi connectivity index (χ0) is 11.1. The van der Waals surface area contributed by atoms with Gasteiger partial charge in [-0.3, -0.25) is 4.79 Å². The molecule has 0 saturated carbocycles. The third-order valence-electron chi connectivity index (χ3n) is 1.85. The molecule has 0 atom stereocenters. The number of carbonyl (C=O) groups is 1. The van der Waals surface area contributed by atoms with Crippen LogP contribution in [0, 0.1) is 12.3 Å². The summed E-state index contributed by atoms with van der Waals surface area (Å²) in [6, 6.07) is 6.79. The standard InChI is InChI=1S/C12H13NO2/c1-2-3-4-8-15-11-7-5-6-10(9-11)12(13)14/h1,5-7,9H,3-4,8H2,(H2,13,14). The minimum Gasteiger partial charge on any atom is -0.494 e. The Bertz CT molecular complexity index is 379. The molecule has 1 aromatic rings. The lowest BCUT2D eigenvalue weighted by Crippen LogP contribution is -2.10. The minimum atomic E-state index is -0.455. The van der Waals surface area contributed by atoms with Crippen molar-refractivity contribution in [1.29, 1.82) is 0 Å². The van der Waals surface area contributed by atoms with Crippen LogP contribution in [-0.2, 0) is 0 Å². The van der Waals surface area contributed by atoms with E-state index in [4.69, 9.17) is 16.9 Å². The summed E-state index contributed by atoms with van der Waals surface area (Å²) >= 11 is 0. The number of primary amides is 1. The first kappa shape index (κ1) is 11.1. The Hall–Kier alpha value is -1.95. The van der Waals surface area contributed by atoms with Crippen LogP contribution < -0.4 is 10.5 Å². The molecule has 0 fully saturated rings. The first-order valence-corrected chi connectivity index (χ1v) is 4.70. The van der Waals surface area contributed by atoms with Gasteiger partial charge < -0.3 is 10.5 Å². The first-order chi connectivity index (χ1) is 7.24. The fourth-order valence-electron chi connectivity index (χ4n) is 1.10. The molecule has 3 nitrogen and oxygen atoms in total. The smallest absolute Gasteiger partial charge is 0.248 e. The van der Waals surface area contributed by atoms with Crippen LogP contribution in [0.4, 0.5) is 0 Å². The van der Waals surface area contributed by atoms with Gasteiger partial charge >= 0.3 is 0 Å². The first-order valence-electron chi connectivity index (χ1n) is 4.70. The van der Waals surface area contributed by atoms with Gasteiger partial charge in [-0.1, -0.05) is 6.07 Å². The van der Waals surface area contributed by atoms with Crippen molar-refractivity contribution in [2.75, 3.05) is 6.61 Å². The van der Waals surface area contributed by atoms with Crippen LogP contribution in [0.3, 0.4) is 0 Å². The van der Waals surface area contributed by atoms with Crippen LogP contribution in [0.1, 0.15) is 23.2 Å². The van der Waals surface area contributed by atoms with E-state index in [1.807, 2.05) is 0 Å². The Morgan fingerprint density at radius 2 is 2.33 bits per heavy atom. The molecule has 0 aromatic heterocycles. The third-order valence-corrected chi connectivity index (χ3v) is 1.85. The van der Waals surface area contributed by atoms with Gasteiger partial charge in [-0.05, 0) is 24.6 Å². The summed E-state index contributed by atoms with van der Waals surface area (Å²) in [5.74, 6) is 2.72. The van der Waals surface area contributed by atoms with Gasteiger partial charge in [0.1, 0.15) is 5.75 Å². The molecule has 0 aliphatic rings. The Balaban J connectivity index is 2.51. The molecule has 0 heterocycles. The van der Waals surface area contributed by atoms with Crippen molar-refractivity contribution >= 4 is 5.91 Å². The monoisotopic (exact) mass is 203 g/mol. The Morgan fingerprint density at radius 1 is 1.53 bits per heavy atom. The Morgan fingerprint density at radius 3 is 3.00 bits per heavy atom. The van der Waals surface area contributed by atoms with Gasteiger partial charge in [-0.25, -0.2) is 0 Å². The van der Waals surface area contributed by atoms with Gasteiger partial charge in [0.15, 0.2) is 0 Å². The largest absolute Gasteiger partial charge is 0.494 e. The number of unbranched alkanes of at least 4 members (excludes halogenated alkanes) is 1. The van der Waals surface area contributed by atoms with E-state index in [1.54, 1.807) is 24.3 Å². The lowest BCUT2D eigenvalue weighted by atomic mass is 10.2. The molecule has 0 bridgehead atoms. The summed E-state index contributed by atoms with van der Waals surface area (Å²) in [5.41, 5.74) is 5.59. The van der Waals surface area contributed by atoms with Crippen LogP contribution in [0.15, 0.2) is 24.3 Å². The summed E-state index contributed by atoms with van der Waals surface area (Å²) in [7, 11) is 0. The maximum absolute atomic E-state index is 10.9. The lowest BCUT2D eigenvalue weighted by Gasteiger charge is -2.05. The molecule has 0 radical (unpaired) electrons. The van der Waals surface area contributed by atoms with Crippen molar-refractivity contribution < 1.29 is 9.53 Å². The molecule has 0 aliphatic carbocycles. The van der Waals surface area contributed by atoms with Crippen LogP contribution >= 0.6 is 0 Å². The second kappa shape index (κ2) is 5.71. The van der Waals surface area contributed by atoms with E-state index < -0.39 is 5.91 Å². The predicted molar refractivity (Wildman–Crippen MR) is 58.5 cm³/mol. The fraction of sp³-hybridized carbons (Fsp3) is 0.250. The molecule has 1 rings (SSSR count). The number of terminal acetylenes is 1. The molecule has 3 heteroatoms. The molecule has 78 valence electrons. The number of hydrogen-bond acceptors (Lipinski definition) is 2. The molecule has 0 saturated heterocycles. The third kappa shape index (κ3) is 3.74. The fourth-order valence-corrected chi connectivity index (χ4v) is 1.10. The minimum absolute atomic E-state index is 0.449. The lowest BCUT2D eigenvalue weighted by molar-refractivity contribution is 0.1000. The average Bonchev–Trinajstić information content (AvgIpc) is 2.25. The summed E-state index contributed by atoms with van der Waals surface area (Å²) in [5, 5.41) is 0. The highest BCUT2D eigenvalue weighted by Crippen LogP contribution is 2.13. The zero-order valence-electron chi connectivity index (χ0n) is 8.40. The van der Waals surface area contributed by atoms with Crippen molar-refractivity contribution in [3.8, 4) is 18.1 Å². The number of amides is 1.